The van der Waals surface area contributed by atoms with Gasteiger partial charge >= 0.3 is 0 Å². The fraction of sp³-hybridized carbons (Fsp3) is 0.424. The summed E-state index contributed by atoms with van der Waals surface area (Å²) < 4.78 is 6.89. The number of likely N-dealkylation sites (tertiary alicyclic amines) is 1. The van der Waals surface area contributed by atoms with Crippen LogP contribution in [0.5, 0.6) is 0 Å². The predicted molar refractivity (Wildman–Crippen MR) is 163 cm³/mol. The van der Waals surface area contributed by atoms with Crippen molar-refractivity contribution in [2.75, 3.05) is 36.0 Å². The smallest absolute Gasteiger partial charge is 0.253 e. The molecule has 2 aromatic rings. The topological polar surface area (TPSA) is 90.4 Å². The molecule has 42 heavy (non-hydrogen) atoms. The van der Waals surface area contributed by atoms with Crippen LogP contribution in [-0.2, 0) is 19.1 Å². The zero-order chi connectivity index (χ0) is 30.2. The standard InChI is InChI=1S/C33H38ClN3O5/c1-5-17-35(23-13-8-7-9-14-23)29(39)26-27-30(40)37(19-12-20-38)28(33(27)21-22(3)32(26,4)42-33)31(41)36(18-6-2)25-16-11-10-15-24(25)34/h5-11,13-16,22,26-28,38H,1-2,12,17-21H2,3-4H3/t22?,26-,27-,28?,32+,33?/m0/s1. The first-order valence-corrected chi connectivity index (χ1v) is 14.8. The van der Waals surface area contributed by atoms with Gasteiger partial charge in [0.05, 0.1) is 28.1 Å². The van der Waals surface area contributed by atoms with Gasteiger partial charge in [-0.25, -0.2) is 0 Å². The van der Waals surface area contributed by atoms with Crippen LogP contribution in [0.1, 0.15) is 26.7 Å². The van der Waals surface area contributed by atoms with Crippen LogP contribution in [0.2, 0.25) is 5.02 Å². The number of aliphatic hydroxyl groups excluding tert-OH is 1. The van der Waals surface area contributed by atoms with E-state index < -0.39 is 29.1 Å². The highest BCUT2D eigenvalue weighted by atomic mass is 35.5. The highest BCUT2D eigenvalue weighted by Crippen LogP contribution is 2.65. The molecule has 3 amide bonds. The van der Waals surface area contributed by atoms with E-state index in [4.69, 9.17) is 16.3 Å². The van der Waals surface area contributed by atoms with Gasteiger partial charge in [-0.1, -0.05) is 61.0 Å². The van der Waals surface area contributed by atoms with E-state index in [0.29, 0.717) is 22.8 Å². The summed E-state index contributed by atoms with van der Waals surface area (Å²) in [5.74, 6) is -2.70. The summed E-state index contributed by atoms with van der Waals surface area (Å²) in [4.78, 5) is 48.3. The fourth-order valence-corrected chi connectivity index (χ4v) is 7.60. The molecule has 3 heterocycles. The number of para-hydroxylation sites is 2. The number of benzene rings is 2. The Labute approximate surface area is 252 Å². The molecule has 3 saturated heterocycles. The number of carbonyl (C=O) groups excluding carboxylic acids is 3. The summed E-state index contributed by atoms with van der Waals surface area (Å²) in [7, 11) is 0. The van der Waals surface area contributed by atoms with Gasteiger partial charge in [-0.2, -0.15) is 0 Å². The van der Waals surface area contributed by atoms with Crippen molar-refractivity contribution in [2.24, 2.45) is 17.8 Å². The molecular formula is C33H38ClN3O5. The van der Waals surface area contributed by atoms with Crippen LogP contribution in [0, 0.1) is 17.8 Å². The van der Waals surface area contributed by atoms with Gasteiger partial charge in [-0.15, -0.1) is 13.2 Å². The number of halogens is 1. The van der Waals surface area contributed by atoms with E-state index >= 15 is 0 Å². The molecule has 0 aromatic heterocycles. The minimum Gasteiger partial charge on any atom is -0.396 e. The number of fused-ring (bicyclic) bond motifs is 1. The quantitative estimate of drug-likeness (QED) is 0.390. The Hall–Kier alpha value is -3.46. The second-order valence-electron chi connectivity index (χ2n) is 11.6. The third-order valence-electron chi connectivity index (χ3n) is 9.24. The summed E-state index contributed by atoms with van der Waals surface area (Å²) >= 11 is 6.54. The lowest BCUT2D eigenvalue weighted by molar-refractivity contribution is -0.146. The van der Waals surface area contributed by atoms with Gasteiger partial charge in [0.15, 0.2) is 0 Å². The number of carbonyl (C=O) groups is 3. The molecule has 9 heteroatoms. The Balaban J connectivity index is 1.62. The first-order chi connectivity index (χ1) is 20.2. The van der Waals surface area contributed by atoms with Gasteiger partial charge in [-0.05, 0) is 49.9 Å². The Kier molecular flexibility index (Phi) is 8.34. The number of nitrogens with zero attached hydrogens (tertiary/aromatic N) is 3. The van der Waals surface area contributed by atoms with Crippen molar-refractivity contribution in [1.82, 2.24) is 4.90 Å². The van der Waals surface area contributed by atoms with E-state index in [2.05, 4.69) is 13.2 Å². The number of anilines is 2. The lowest BCUT2D eigenvalue weighted by Gasteiger charge is -2.39. The normalized spacial score (nSPS) is 29.3. The number of ether oxygens (including phenoxy) is 1. The van der Waals surface area contributed by atoms with E-state index in [1.54, 1.807) is 41.3 Å². The van der Waals surface area contributed by atoms with Gasteiger partial charge in [0.1, 0.15) is 11.6 Å². The maximum Gasteiger partial charge on any atom is 0.253 e. The van der Waals surface area contributed by atoms with Gasteiger partial charge in [0.25, 0.3) is 5.91 Å². The second kappa shape index (κ2) is 11.7. The summed E-state index contributed by atoms with van der Waals surface area (Å²) in [6.45, 7) is 12.0. The largest absolute Gasteiger partial charge is 0.396 e. The SMILES string of the molecule is C=CCN(C(=O)[C@@H]1[C@H]2C(=O)N(CCCO)C(C(=O)N(CC=C)c3ccccc3Cl)C23CC(C)[C@@]1(C)O3)c1ccccc1. The molecule has 8 nitrogen and oxygen atoms in total. The predicted octanol–water partition coefficient (Wildman–Crippen LogP) is 4.47. The van der Waals surface area contributed by atoms with Crippen LogP contribution < -0.4 is 9.80 Å². The average molecular weight is 592 g/mol. The third-order valence-corrected chi connectivity index (χ3v) is 9.56. The molecule has 3 unspecified atom stereocenters. The molecule has 2 aromatic carbocycles. The molecule has 0 aliphatic carbocycles. The van der Waals surface area contributed by atoms with E-state index in [-0.39, 0.29) is 56.3 Å². The highest BCUT2D eigenvalue weighted by Gasteiger charge is 2.80. The Morgan fingerprint density at radius 3 is 2.36 bits per heavy atom. The lowest BCUT2D eigenvalue weighted by Crippen LogP contribution is -2.57. The molecule has 0 saturated carbocycles. The van der Waals surface area contributed by atoms with Crippen molar-refractivity contribution in [1.29, 1.82) is 0 Å². The second-order valence-corrected chi connectivity index (χ2v) is 12.0. The van der Waals surface area contributed by atoms with Gasteiger partial charge in [0.2, 0.25) is 11.8 Å². The number of hydrogen-bond acceptors (Lipinski definition) is 5. The van der Waals surface area contributed by atoms with E-state index in [1.807, 2.05) is 44.2 Å². The van der Waals surface area contributed by atoms with E-state index in [9.17, 15) is 19.5 Å². The Morgan fingerprint density at radius 1 is 1.07 bits per heavy atom. The molecule has 3 aliphatic heterocycles. The number of aliphatic hydroxyl groups is 1. The number of amides is 3. The van der Waals surface area contributed by atoms with E-state index in [0.717, 1.165) is 0 Å². The van der Waals surface area contributed by atoms with Gasteiger partial charge in [-0.3, -0.25) is 14.4 Å². The maximum absolute atomic E-state index is 14.7. The summed E-state index contributed by atoms with van der Waals surface area (Å²) in [5.41, 5.74) is -1.00. The van der Waals surface area contributed by atoms with E-state index in [1.165, 1.54) is 9.80 Å². The number of rotatable bonds is 11. The van der Waals surface area contributed by atoms with Crippen LogP contribution in [0.3, 0.4) is 0 Å². The molecule has 5 rings (SSSR count). The van der Waals surface area contributed by atoms with Crippen LogP contribution in [-0.4, -0.2) is 71.2 Å². The molecule has 1 spiro atoms. The molecule has 6 atom stereocenters. The zero-order valence-corrected chi connectivity index (χ0v) is 24.9. The molecule has 0 radical (unpaired) electrons. The van der Waals surface area contributed by atoms with Gasteiger partial charge in [0, 0.05) is 31.9 Å². The van der Waals surface area contributed by atoms with Crippen LogP contribution in [0.25, 0.3) is 0 Å². The summed E-state index contributed by atoms with van der Waals surface area (Å²) in [6, 6.07) is 15.3. The van der Waals surface area contributed by atoms with Crippen molar-refractivity contribution in [2.45, 2.75) is 43.9 Å². The Morgan fingerprint density at radius 2 is 1.71 bits per heavy atom. The number of hydrogen-bond donors (Lipinski definition) is 1. The molecule has 3 fully saturated rings. The first kappa shape index (κ1) is 30.0. The maximum atomic E-state index is 14.7. The van der Waals surface area contributed by atoms with Crippen molar-refractivity contribution in [3.8, 4) is 0 Å². The van der Waals surface area contributed by atoms with Crippen molar-refractivity contribution in [3.63, 3.8) is 0 Å². The fourth-order valence-electron chi connectivity index (χ4n) is 7.36. The van der Waals surface area contributed by atoms with Crippen molar-refractivity contribution >= 4 is 40.7 Å². The molecular weight excluding hydrogens is 554 g/mol. The minimum absolute atomic E-state index is 0.113. The van der Waals surface area contributed by atoms with Gasteiger partial charge < -0.3 is 24.5 Å². The third kappa shape index (κ3) is 4.57. The minimum atomic E-state index is -1.23. The molecule has 3 aliphatic rings. The first-order valence-electron chi connectivity index (χ1n) is 14.4. The summed E-state index contributed by atoms with van der Waals surface area (Å²) in [5, 5.41) is 10.1. The highest BCUT2D eigenvalue weighted by molar-refractivity contribution is 6.34. The molecule has 2 bridgehead atoms. The zero-order valence-electron chi connectivity index (χ0n) is 24.1. The summed E-state index contributed by atoms with van der Waals surface area (Å²) in [6.07, 6.45) is 3.99. The monoisotopic (exact) mass is 591 g/mol. The molecule has 222 valence electrons. The van der Waals surface area contributed by atoms with Crippen molar-refractivity contribution in [3.05, 3.63) is 84.9 Å². The van der Waals surface area contributed by atoms with Crippen LogP contribution in [0.15, 0.2) is 79.9 Å². The van der Waals surface area contributed by atoms with Crippen molar-refractivity contribution < 1.29 is 24.2 Å². The lowest BCUT2D eigenvalue weighted by atomic mass is 9.62. The van der Waals surface area contributed by atoms with Crippen LogP contribution in [0.4, 0.5) is 11.4 Å². The van der Waals surface area contributed by atoms with Crippen LogP contribution >= 0.6 is 11.6 Å². The Bertz CT molecular complexity index is 1380. The molecule has 1 N–H and O–H groups in total. The average Bonchev–Trinajstić information content (AvgIpc) is 3.50.